The zero-order chi connectivity index (χ0) is 14.5. The molecule has 20 heavy (non-hydrogen) atoms. The van der Waals surface area contributed by atoms with Gasteiger partial charge in [0.1, 0.15) is 5.01 Å². The molecule has 0 amide bonds. The Kier molecular flexibility index (Phi) is 4.68. The third-order valence-electron chi connectivity index (χ3n) is 2.58. The summed E-state index contributed by atoms with van der Waals surface area (Å²) in [6.07, 6.45) is 0.128. The SMILES string of the molecule is CCOC(=O)Cc1csc(-c2ccc(OC)c(F)c2)n1. The topological polar surface area (TPSA) is 48.4 Å². The summed E-state index contributed by atoms with van der Waals surface area (Å²) in [6, 6.07) is 4.65. The van der Waals surface area contributed by atoms with E-state index in [-0.39, 0.29) is 18.1 Å². The number of hydrogen-bond acceptors (Lipinski definition) is 5. The summed E-state index contributed by atoms with van der Waals surface area (Å²) < 4.78 is 23.4. The smallest absolute Gasteiger partial charge is 0.311 e. The molecule has 2 aromatic rings. The van der Waals surface area contributed by atoms with Crippen molar-refractivity contribution in [1.29, 1.82) is 0 Å². The normalized spacial score (nSPS) is 10.3. The highest BCUT2D eigenvalue weighted by Gasteiger charge is 2.11. The first-order valence-electron chi connectivity index (χ1n) is 6.08. The fraction of sp³-hybridized carbons (Fsp3) is 0.286. The molecule has 0 bridgehead atoms. The fourth-order valence-corrected chi connectivity index (χ4v) is 2.50. The molecular weight excluding hydrogens is 281 g/mol. The highest BCUT2D eigenvalue weighted by molar-refractivity contribution is 7.13. The van der Waals surface area contributed by atoms with Gasteiger partial charge >= 0.3 is 5.97 Å². The molecule has 2 rings (SSSR count). The first kappa shape index (κ1) is 14.5. The van der Waals surface area contributed by atoms with Crippen LogP contribution in [0.1, 0.15) is 12.6 Å². The van der Waals surface area contributed by atoms with Gasteiger partial charge in [0.15, 0.2) is 11.6 Å². The van der Waals surface area contributed by atoms with Crippen LogP contribution in [0.2, 0.25) is 0 Å². The number of thiazole rings is 1. The van der Waals surface area contributed by atoms with Crippen LogP contribution in [0.25, 0.3) is 10.6 Å². The monoisotopic (exact) mass is 295 g/mol. The number of nitrogens with zero attached hydrogens (tertiary/aromatic N) is 1. The second kappa shape index (κ2) is 6.47. The Morgan fingerprint density at radius 2 is 2.25 bits per heavy atom. The summed E-state index contributed by atoms with van der Waals surface area (Å²) in [5.74, 6) is -0.561. The van der Waals surface area contributed by atoms with E-state index in [1.54, 1.807) is 24.4 Å². The summed E-state index contributed by atoms with van der Waals surface area (Å²) in [4.78, 5) is 15.7. The molecule has 6 heteroatoms. The molecule has 0 aliphatic heterocycles. The zero-order valence-corrected chi connectivity index (χ0v) is 12.0. The molecule has 0 N–H and O–H groups in total. The van der Waals surface area contributed by atoms with Gasteiger partial charge in [0, 0.05) is 10.9 Å². The van der Waals surface area contributed by atoms with E-state index in [0.717, 1.165) is 0 Å². The lowest BCUT2D eigenvalue weighted by molar-refractivity contribution is -0.142. The molecule has 0 aliphatic carbocycles. The quantitative estimate of drug-likeness (QED) is 0.795. The number of ether oxygens (including phenoxy) is 2. The largest absolute Gasteiger partial charge is 0.494 e. The van der Waals surface area contributed by atoms with Gasteiger partial charge in [-0.2, -0.15) is 0 Å². The Hall–Kier alpha value is -1.95. The van der Waals surface area contributed by atoms with Crippen LogP contribution >= 0.6 is 11.3 Å². The van der Waals surface area contributed by atoms with Crippen molar-refractivity contribution >= 4 is 17.3 Å². The van der Waals surface area contributed by atoms with E-state index >= 15 is 0 Å². The molecule has 0 saturated heterocycles. The van der Waals surface area contributed by atoms with E-state index in [2.05, 4.69) is 4.98 Å². The number of rotatable bonds is 5. The molecule has 106 valence electrons. The molecule has 1 aromatic heterocycles. The fourth-order valence-electron chi connectivity index (χ4n) is 1.68. The van der Waals surface area contributed by atoms with E-state index in [4.69, 9.17) is 9.47 Å². The van der Waals surface area contributed by atoms with Crippen LogP contribution in [-0.4, -0.2) is 24.7 Å². The van der Waals surface area contributed by atoms with Crippen molar-refractivity contribution < 1.29 is 18.7 Å². The predicted molar refractivity (Wildman–Crippen MR) is 74.4 cm³/mol. The van der Waals surface area contributed by atoms with Gasteiger partial charge < -0.3 is 9.47 Å². The van der Waals surface area contributed by atoms with Gasteiger partial charge in [-0.3, -0.25) is 4.79 Å². The van der Waals surface area contributed by atoms with Crippen molar-refractivity contribution in [3.63, 3.8) is 0 Å². The molecule has 1 heterocycles. The molecule has 0 saturated carbocycles. The summed E-state index contributed by atoms with van der Waals surface area (Å²) in [6.45, 7) is 2.10. The van der Waals surface area contributed by atoms with Crippen LogP contribution in [0.15, 0.2) is 23.6 Å². The van der Waals surface area contributed by atoms with E-state index in [0.29, 0.717) is 22.9 Å². The highest BCUT2D eigenvalue weighted by Crippen LogP contribution is 2.28. The summed E-state index contributed by atoms with van der Waals surface area (Å²) in [5, 5.41) is 2.43. The van der Waals surface area contributed by atoms with Crippen LogP contribution in [0.3, 0.4) is 0 Å². The summed E-state index contributed by atoms with van der Waals surface area (Å²) in [5.41, 5.74) is 1.28. The predicted octanol–water partition coefficient (Wildman–Crippen LogP) is 3.06. The molecule has 0 radical (unpaired) electrons. The van der Waals surface area contributed by atoms with Crippen molar-refractivity contribution in [2.24, 2.45) is 0 Å². The molecule has 0 unspecified atom stereocenters. The van der Waals surface area contributed by atoms with Crippen LogP contribution in [0.4, 0.5) is 4.39 Å². The third kappa shape index (κ3) is 3.33. The van der Waals surface area contributed by atoms with Crippen LogP contribution < -0.4 is 4.74 Å². The number of carbonyl (C=O) groups excluding carboxylic acids is 1. The van der Waals surface area contributed by atoms with Crippen molar-refractivity contribution in [3.05, 3.63) is 35.1 Å². The Bertz CT molecular complexity index is 612. The maximum Gasteiger partial charge on any atom is 0.311 e. The Morgan fingerprint density at radius 1 is 1.45 bits per heavy atom. The first-order valence-corrected chi connectivity index (χ1v) is 6.96. The maximum absolute atomic E-state index is 13.6. The number of methoxy groups -OCH3 is 1. The Balaban J connectivity index is 2.16. The van der Waals surface area contributed by atoms with E-state index < -0.39 is 5.82 Å². The molecule has 0 spiro atoms. The van der Waals surface area contributed by atoms with Crippen molar-refractivity contribution in [2.45, 2.75) is 13.3 Å². The van der Waals surface area contributed by atoms with Gasteiger partial charge in [-0.1, -0.05) is 0 Å². The van der Waals surface area contributed by atoms with Gasteiger partial charge in [-0.15, -0.1) is 11.3 Å². The van der Waals surface area contributed by atoms with E-state index in [1.807, 2.05) is 0 Å². The molecule has 0 aliphatic rings. The first-order chi connectivity index (χ1) is 9.63. The number of aromatic nitrogens is 1. The average Bonchev–Trinajstić information content (AvgIpc) is 2.87. The third-order valence-corrected chi connectivity index (χ3v) is 3.52. The second-order valence-corrected chi connectivity index (χ2v) is 4.83. The standard InChI is InChI=1S/C14H14FNO3S/c1-3-19-13(17)7-10-8-20-14(16-10)9-4-5-12(18-2)11(15)6-9/h4-6,8H,3,7H2,1-2H3. The molecule has 0 atom stereocenters. The number of benzene rings is 1. The van der Waals surface area contributed by atoms with Gasteiger partial charge in [0.25, 0.3) is 0 Å². The van der Waals surface area contributed by atoms with E-state index in [9.17, 15) is 9.18 Å². The van der Waals surface area contributed by atoms with Crippen LogP contribution in [0.5, 0.6) is 5.75 Å². The number of esters is 1. The molecule has 4 nitrogen and oxygen atoms in total. The zero-order valence-electron chi connectivity index (χ0n) is 11.2. The average molecular weight is 295 g/mol. The van der Waals surface area contributed by atoms with E-state index in [1.165, 1.54) is 24.5 Å². The Morgan fingerprint density at radius 3 is 2.90 bits per heavy atom. The van der Waals surface area contributed by atoms with Gasteiger partial charge in [0.05, 0.1) is 25.8 Å². The van der Waals surface area contributed by atoms with Gasteiger partial charge in [-0.05, 0) is 25.1 Å². The number of carbonyl (C=O) groups is 1. The van der Waals surface area contributed by atoms with Crippen LogP contribution in [-0.2, 0) is 16.0 Å². The second-order valence-electron chi connectivity index (χ2n) is 3.98. The van der Waals surface area contributed by atoms with Gasteiger partial charge in [0.2, 0.25) is 0 Å². The molecular formula is C14H14FNO3S. The Labute approximate surface area is 120 Å². The lowest BCUT2D eigenvalue weighted by Gasteiger charge is -2.02. The van der Waals surface area contributed by atoms with Crippen molar-refractivity contribution in [3.8, 4) is 16.3 Å². The number of hydrogen-bond donors (Lipinski definition) is 0. The highest BCUT2D eigenvalue weighted by atomic mass is 32.1. The number of halogens is 1. The molecule has 0 fully saturated rings. The van der Waals surface area contributed by atoms with Crippen LogP contribution in [0, 0.1) is 5.82 Å². The lowest BCUT2D eigenvalue weighted by atomic mass is 10.2. The minimum Gasteiger partial charge on any atom is -0.494 e. The summed E-state index contributed by atoms with van der Waals surface area (Å²) in [7, 11) is 1.42. The molecule has 1 aromatic carbocycles. The summed E-state index contributed by atoms with van der Waals surface area (Å²) >= 11 is 1.36. The van der Waals surface area contributed by atoms with Crippen molar-refractivity contribution in [1.82, 2.24) is 4.98 Å². The maximum atomic E-state index is 13.6. The minimum atomic E-state index is -0.438. The van der Waals surface area contributed by atoms with Crippen molar-refractivity contribution in [2.75, 3.05) is 13.7 Å². The van der Waals surface area contributed by atoms with Gasteiger partial charge in [-0.25, -0.2) is 9.37 Å². The minimum absolute atomic E-state index is 0.128. The lowest BCUT2D eigenvalue weighted by Crippen LogP contribution is -2.07.